The fraction of sp³-hybridized carbons (Fsp3) is 0. The number of nitrogens with zero attached hydrogens (tertiary/aromatic N) is 2. The normalized spacial score (nSPS) is 10.5. The maximum absolute atomic E-state index is 13.6. The van der Waals surface area contributed by atoms with Crippen LogP contribution in [-0.4, -0.2) is 20.9 Å². The van der Waals surface area contributed by atoms with Crippen molar-refractivity contribution >= 4 is 28.6 Å². The van der Waals surface area contributed by atoms with Crippen LogP contribution in [0.25, 0.3) is 5.69 Å². The Morgan fingerprint density at radius 2 is 1.94 bits per heavy atom. The molecule has 0 bridgehead atoms. The summed E-state index contributed by atoms with van der Waals surface area (Å²) in [5, 5.41) is 12.4. The molecule has 0 atom stereocenters. The first kappa shape index (κ1) is 12.0. The second kappa shape index (κ2) is 4.40. The van der Waals surface area contributed by atoms with Crippen molar-refractivity contribution in [2.45, 2.75) is 0 Å². The lowest BCUT2D eigenvalue weighted by Gasteiger charge is -2.05. The lowest BCUT2D eigenvalue weighted by molar-refractivity contribution is 0.0695. The van der Waals surface area contributed by atoms with Gasteiger partial charge in [-0.2, -0.15) is 5.10 Å². The summed E-state index contributed by atoms with van der Waals surface area (Å²) in [4.78, 5) is 10.6. The van der Waals surface area contributed by atoms with Crippen LogP contribution in [-0.2, 0) is 0 Å². The van der Waals surface area contributed by atoms with Gasteiger partial charge in [-0.05, 0) is 34.7 Å². The number of benzene rings is 1. The van der Waals surface area contributed by atoms with Crippen molar-refractivity contribution in [3.63, 3.8) is 0 Å². The molecule has 0 radical (unpaired) electrons. The Balaban J connectivity index is 2.60. The van der Waals surface area contributed by atoms with E-state index in [1.54, 1.807) is 0 Å². The number of rotatable bonds is 2. The predicted molar refractivity (Wildman–Crippen MR) is 63.2 cm³/mol. The van der Waals surface area contributed by atoms with Gasteiger partial charge in [-0.15, -0.1) is 0 Å². The van der Waals surface area contributed by atoms with Crippen LogP contribution < -0.4 is 0 Å². The van der Waals surface area contributed by atoms with Crippen molar-refractivity contribution < 1.29 is 18.7 Å². The Kier molecular flexibility index (Phi) is 3.09. The molecule has 7 heteroatoms. The Labute approximate surface area is 108 Å². The highest BCUT2D eigenvalue weighted by atomic mass is 127. The molecule has 4 nitrogen and oxygen atoms in total. The van der Waals surface area contributed by atoms with E-state index in [1.165, 1.54) is 12.4 Å². The minimum Gasteiger partial charge on any atom is -0.478 e. The molecule has 17 heavy (non-hydrogen) atoms. The van der Waals surface area contributed by atoms with Gasteiger partial charge in [0.1, 0.15) is 5.69 Å². The second-order valence-electron chi connectivity index (χ2n) is 3.20. The van der Waals surface area contributed by atoms with Crippen molar-refractivity contribution in [2.75, 3.05) is 0 Å². The number of hydrogen-bond acceptors (Lipinski definition) is 2. The van der Waals surface area contributed by atoms with Crippen LogP contribution in [0, 0.1) is 15.2 Å². The maximum atomic E-state index is 13.6. The average molecular weight is 350 g/mol. The van der Waals surface area contributed by atoms with Gasteiger partial charge in [0.25, 0.3) is 0 Å². The molecule has 0 unspecified atom stereocenters. The third kappa shape index (κ3) is 2.28. The predicted octanol–water partition coefficient (Wildman–Crippen LogP) is 2.45. The smallest absolute Gasteiger partial charge is 0.335 e. The highest BCUT2D eigenvalue weighted by Crippen LogP contribution is 2.20. The van der Waals surface area contributed by atoms with Gasteiger partial charge < -0.3 is 5.11 Å². The monoisotopic (exact) mass is 350 g/mol. The first-order valence-electron chi connectivity index (χ1n) is 4.42. The third-order valence-corrected chi connectivity index (χ3v) is 2.60. The van der Waals surface area contributed by atoms with E-state index in [-0.39, 0.29) is 0 Å². The molecule has 0 aliphatic carbocycles. The van der Waals surface area contributed by atoms with Crippen LogP contribution in [0.5, 0.6) is 0 Å². The fourth-order valence-corrected chi connectivity index (χ4v) is 1.72. The minimum absolute atomic E-state index is 0.391. The summed E-state index contributed by atoms with van der Waals surface area (Å²) in [6.07, 6.45) is 2.87. The number of aromatic carboxylic acids is 1. The molecule has 0 aliphatic heterocycles. The van der Waals surface area contributed by atoms with Gasteiger partial charge in [0.05, 0.1) is 15.3 Å². The van der Waals surface area contributed by atoms with E-state index in [9.17, 15) is 13.6 Å². The highest BCUT2D eigenvalue weighted by molar-refractivity contribution is 14.1. The number of aromatic nitrogens is 2. The molecule has 0 aliphatic rings. The number of carboxylic acid groups (broad SMARTS) is 1. The molecule has 1 aromatic carbocycles. The molecular weight excluding hydrogens is 345 g/mol. The average Bonchev–Trinajstić information content (AvgIpc) is 2.63. The van der Waals surface area contributed by atoms with Crippen LogP contribution in [0.1, 0.15) is 10.4 Å². The van der Waals surface area contributed by atoms with E-state index >= 15 is 0 Å². The maximum Gasteiger partial charge on any atom is 0.335 e. The topological polar surface area (TPSA) is 55.1 Å². The van der Waals surface area contributed by atoms with Gasteiger partial charge in [-0.1, -0.05) is 0 Å². The molecule has 2 aromatic rings. The standard InChI is InChI=1S/C10H5F2IN2O2/c11-7-1-5(10(16)17)2-8(12)9(7)15-4-6(13)3-14-15/h1-4H,(H,16,17). The molecular formula is C10H5F2IN2O2. The Hall–Kier alpha value is -1.51. The molecule has 1 N–H and O–H groups in total. The van der Waals surface area contributed by atoms with E-state index in [0.717, 1.165) is 16.8 Å². The van der Waals surface area contributed by atoms with Crippen LogP contribution in [0.2, 0.25) is 0 Å². The summed E-state index contributed by atoms with van der Waals surface area (Å²) in [6.45, 7) is 0. The van der Waals surface area contributed by atoms with Gasteiger partial charge in [-0.25, -0.2) is 18.3 Å². The molecule has 2 rings (SSSR count). The van der Waals surface area contributed by atoms with Crippen LogP contribution in [0.4, 0.5) is 8.78 Å². The van der Waals surface area contributed by atoms with Gasteiger partial charge in [0.15, 0.2) is 11.6 Å². The molecule has 1 heterocycles. The Bertz CT molecular complexity index is 575. The van der Waals surface area contributed by atoms with Crippen molar-refractivity contribution in [2.24, 2.45) is 0 Å². The molecule has 0 fully saturated rings. The molecule has 88 valence electrons. The lowest BCUT2D eigenvalue weighted by Crippen LogP contribution is -2.06. The number of carboxylic acids is 1. The number of carbonyl (C=O) groups is 1. The quantitative estimate of drug-likeness (QED) is 0.847. The van der Waals surface area contributed by atoms with Crippen LogP contribution >= 0.6 is 22.6 Å². The minimum atomic E-state index is -1.38. The summed E-state index contributed by atoms with van der Waals surface area (Å²) in [7, 11) is 0. The van der Waals surface area contributed by atoms with Crippen molar-refractivity contribution in [3.05, 3.63) is 45.3 Å². The van der Waals surface area contributed by atoms with Gasteiger partial charge in [-0.3, -0.25) is 0 Å². The zero-order valence-corrected chi connectivity index (χ0v) is 10.4. The molecule has 0 saturated heterocycles. The Morgan fingerprint density at radius 3 is 2.35 bits per heavy atom. The van der Waals surface area contributed by atoms with Gasteiger partial charge >= 0.3 is 5.97 Å². The molecule has 0 amide bonds. The zero-order valence-electron chi connectivity index (χ0n) is 8.19. The highest BCUT2D eigenvalue weighted by Gasteiger charge is 2.16. The fourth-order valence-electron chi connectivity index (χ4n) is 1.33. The molecule has 0 spiro atoms. The summed E-state index contributed by atoms with van der Waals surface area (Å²) in [5.74, 6) is -3.33. The zero-order chi connectivity index (χ0) is 12.6. The number of halogens is 3. The summed E-state index contributed by atoms with van der Waals surface area (Å²) in [6, 6.07) is 1.52. The van der Waals surface area contributed by atoms with E-state index in [2.05, 4.69) is 5.10 Å². The SMILES string of the molecule is O=C(O)c1cc(F)c(-n2cc(I)cn2)c(F)c1. The lowest BCUT2D eigenvalue weighted by atomic mass is 10.2. The van der Waals surface area contributed by atoms with Crippen molar-refractivity contribution in [1.29, 1.82) is 0 Å². The van der Waals surface area contributed by atoms with Crippen LogP contribution in [0.3, 0.4) is 0 Å². The first-order valence-corrected chi connectivity index (χ1v) is 5.50. The second-order valence-corrected chi connectivity index (χ2v) is 4.44. The van der Waals surface area contributed by atoms with Crippen molar-refractivity contribution in [3.8, 4) is 5.69 Å². The van der Waals surface area contributed by atoms with Gasteiger partial charge in [0, 0.05) is 6.20 Å². The summed E-state index contributed by atoms with van der Waals surface area (Å²) in [5.41, 5.74) is -0.830. The van der Waals surface area contributed by atoms with Gasteiger partial charge in [0.2, 0.25) is 0 Å². The number of hydrogen-bond donors (Lipinski definition) is 1. The van der Waals surface area contributed by atoms with E-state index in [1.807, 2.05) is 22.6 Å². The van der Waals surface area contributed by atoms with E-state index in [4.69, 9.17) is 5.11 Å². The Morgan fingerprint density at radius 1 is 1.35 bits per heavy atom. The van der Waals surface area contributed by atoms with Crippen molar-refractivity contribution in [1.82, 2.24) is 9.78 Å². The molecule has 1 aromatic heterocycles. The van der Waals surface area contributed by atoms with E-state index in [0.29, 0.717) is 3.57 Å². The molecule has 0 saturated carbocycles. The van der Waals surface area contributed by atoms with Crippen LogP contribution in [0.15, 0.2) is 24.5 Å². The first-order chi connectivity index (χ1) is 7.99. The van der Waals surface area contributed by atoms with E-state index < -0.39 is 28.9 Å². The summed E-state index contributed by atoms with van der Waals surface area (Å²) < 4.78 is 28.9. The third-order valence-electron chi connectivity index (χ3n) is 2.04. The largest absolute Gasteiger partial charge is 0.478 e. The summed E-state index contributed by atoms with van der Waals surface area (Å²) >= 11 is 1.95.